The Morgan fingerprint density at radius 3 is 2.67 bits per heavy atom. The maximum absolute atomic E-state index is 13.9. The Kier molecular flexibility index (Phi) is 5.88. The van der Waals surface area contributed by atoms with Gasteiger partial charge in [-0.05, 0) is 36.8 Å². The van der Waals surface area contributed by atoms with E-state index >= 15 is 0 Å². The van der Waals surface area contributed by atoms with Gasteiger partial charge in [-0.25, -0.2) is 9.37 Å². The van der Waals surface area contributed by atoms with Crippen LogP contribution in [-0.2, 0) is 0 Å². The molecule has 2 amide bonds. The topological polar surface area (TPSA) is 71.1 Å². The van der Waals surface area contributed by atoms with E-state index in [4.69, 9.17) is 11.6 Å². The Labute approximate surface area is 171 Å². The molecule has 138 valence electrons. The van der Waals surface area contributed by atoms with Crippen molar-refractivity contribution in [2.45, 2.75) is 6.92 Å². The van der Waals surface area contributed by atoms with Crippen molar-refractivity contribution in [3.8, 4) is 0 Å². The highest BCUT2D eigenvalue weighted by Gasteiger charge is 2.17. The Hall–Kier alpha value is -2.29. The van der Waals surface area contributed by atoms with Crippen LogP contribution in [0.15, 0.2) is 47.1 Å². The highest BCUT2D eigenvalue weighted by molar-refractivity contribution is 9.10. The summed E-state index contributed by atoms with van der Waals surface area (Å²) in [6, 6.07) is 9.40. The lowest BCUT2D eigenvalue weighted by atomic mass is 10.2. The normalized spacial score (nSPS) is 10.5. The molecule has 1 heterocycles. The number of anilines is 2. The van der Waals surface area contributed by atoms with Crippen molar-refractivity contribution in [2.75, 3.05) is 10.6 Å². The molecule has 0 saturated heterocycles. The molecule has 9 heteroatoms. The number of carbonyl (C=O) groups is 2. The molecule has 0 saturated carbocycles. The maximum Gasteiger partial charge on any atom is 0.267 e. The first-order chi connectivity index (χ1) is 12.8. The van der Waals surface area contributed by atoms with Crippen LogP contribution in [0.3, 0.4) is 0 Å². The summed E-state index contributed by atoms with van der Waals surface area (Å²) in [5.74, 6) is -1.71. The third-order valence-corrected chi connectivity index (χ3v) is 5.31. The largest absolute Gasteiger partial charge is 0.320 e. The second kappa shape index (κ2) is 8.16. The lowest BCUT2D eigenvalue weighted by Crippen LogP contribution is -2.13. The van der Waals surface area contributed by atoms with Crippen molar-refractivity contribution in [1.82, 2.24) is 4.98 Å². The number of hydrogen-bond donors (Lipinski definition) is 2. The van der Waals surface area contributed by atoms with E-state index in [1.807, 2.05) is 13.0 Å². The number of nitrogens with one attached hydrogen (secondary N) is 2. The molecule has 0 unspecified atom stereocenters. The molecule has 3 aromatic rings. The molecular weight excluding hydrogens is 457 g/mol. The predicted molar refractivity (Wildman–Crippen MR) is 108 cm³/mol. The molecular formula is C18H12BrClFN3O2S. The first-order valence-corrected chi connectivity index (χ1v) is 9.62. The first kappa shape index (κ1) is 19.5. The molecule has 2 aromatic carbocycles. The Balaban J connectivity index is 1.72. The summed E-state index contributed by atoms with van der Waals surface area (Å²) in [7, 11) is 0. The second-order valence-electron chi connectivity index (χ2n) is 5.49. The number of aromatic nitrogens is 1. The highest BCUT2D eigenvalue weighted by atomic mass is 79.9. The van der Waals surface area contributed by atoms with Crippen LogP contribution >= 0.6 is 38.9 Å². The summed E-state index contributed by atoms with van der Waals surface area (Å²) in [5.41, 5.74) is 1.21. The number of carbonyl (C=O) groups excluding carboxylic acids is 2. The minimum atomic E-state index is -0.661. The summed E-state index contributed by atoms with van der Waals surface area (Å²) >= 11 is 10.2. The summed E-state index contributed by atoms with van der Waals surface area (Å²) < 4.78 is 14.4. The van der Waals surface area contributed by atoms with Gasteiger partial charge in [0.15, 0.2) is 5.13 Å². The van der Waals surface area contributed by atoms with E-state index in [1.54, 1.807) is 18.2 Å². The van der Waals surface area contributed by atoms with Crippen molar-refractivity contribution in [2.24, 2.45) is 0 Å². The fourth-order valence-corrected chi connectivity index (χ4v) is 3.55. The number of aryl methyl sites for hydroxylation is 1. The molecule has 5 nitrogen and oxygen atoms in total. The quantitative estimate of drug-likeness (QED) is 0.530. The number of thiazole rings is 1. The van der Waals surface area contributed by atoms with E-state index in [2.05, 4.69) is 31.5 Å². The molecule has 0 radical (unpaired) electrons. The van der Waals surface area contributed by atoms with Gasteiger partial charge >= 0.3 is 0 Å². The van der Waals surface area contributed by atoms with Gasteiger partial charge in [0, 0.05) is 4.47 Å². The molecule has 0 aliphatic rings. The molecule has 3 rings (SSSR count). The first-order valence-electron chi connectivity index (χ1n) is 7.64. The van der Waals surface area contributed by atoms with Gasteiger partial charge in [-0.2, -0.15) is 0 Å². The lowest BCUT2D eigenvalue weighted by molar-refractivity contribution is 0.101. The minimum absolute atomic E-state index is 0.119. The van der Waals surface area contributed by atoms with E-state index < -0.39 is 17.6 Å². The van der Waals surface area contributed by atoms with Gasteiger partial charge in [0.1, 0.15) is 10.7 Å². The summed E-state index contributed by atoms with van der Waals surface area (Å²) in [6.07, 6.45) is 1.33. The second-order valence-corrected chi connectivity index (χ2v) is 7.85. The van der Waals surface area contributed by atoms with E-state index in [0.29, 0.717) is 15.2 Å². The van der Waals surface area contributed by atoms with Gasteiger partial charge in [0.05, 0.1) is 22.5 Å². The molecule has 0 bridgehead atoms. The van der Waals surface area contributed by atoms with Gasteiger partial charge < -0.3 is 5.32 Å². The molecule has 27 heavy (non-hydrogen) atoms. The highest BCUT2D eigenvalue weighted by Crippen LogP contribution is 2.27. The van der Waals surface area contributed by atoms with E-state index in [1.165, 1.54) is 18.3 Å². The molecule has 2 N–H and O–H groups in total. The fraction of sp³-hybridized carbons (Fsp3) is 0.0556. The maximum atomic E-state index is 13.9. The molecule has 0 aliphatic carbocycles. The Bertz CT molecular complexity index is 1020. The van der Waals surface area contributed by atoms with E-state index in [-0.39, 0.29) is 15.6 Å². The van der Waals surface area contributed by atoms with Crippen molar-refractivity contribution >= 4 is 61.5 Å². The molecule has 0 fully saturated rings. The van der Waals surface area contributed by atoms with Crippen LogP contribution in [0.4, 0.5) is 15.2 Å². The van der Waals surface area contributed by atoms with Crippen LogP contribution < -0.4 is 10.6 Å². The number of amides is 2. The number of para-hydroxylation sites is 1. The van der Waals surface area contributed by atoms with Crippen LogP contribution in [0, 0.1) is 12.7 Å². The third kappa shape index (κ3) is 4.52. The number of benzene rings is 2. The fourth-order valence-electron chi connectivity index (χ4n) is 2.24. The molecule has 0 atom stereocenters. The average molecular weight is 469 g/mol. The Morgan fingerprint density at radius 1 is 1.19 bits per heavy atom. The monoisotopic (exact) mass is 467 g/mol. The van der Waals surface area contributed by atoms with Gasteiger partial charge in [-0.1, -0.05) is 51.0 Å². The van der Waals surface area contributed by atoms with Crippen LogP contribution in [0.1, 0.15) is 25.6 Å². The van der Waals surface area contributed by atoms with Gasteiger partial charge in [-0.3, -0.25) is 14.9 Å². The standard InChI is InChI=1S/C18H12BrClFN3O2S/c1-9-3-2-4-12(20)15(9)23-17(26)14-8-22-18(27-14)24-16(25)11-6-5-10(19)7-13(11)21/h2-8H,1H3,(H,23,26)(H,22,24,25). The number of halogens is 3. The van der Waals surface area contributed by atoms with Gasteiger partial charge in [-0.15, -0.1) is 0 Å². The average Bonchev–Trinajstić information content (AvgIpc) is 3.06. The van der Waals surface area contributed by atoms with Crippen LogP contribution in [0.2, 0.25) is 5.02 Å². The zero-order chi connectivity index (χ0) is 19.6. The SMILES string of the molecule is Cc1cccc(Cl)c1NC(=O)c1cnc(NC(=O)c2ccc(Br)cc2F)s1. The minimum Gasteiger partial charge on any atom is -0.320 e. The summed E-state index contributed by atoms with van der Waals surface area (Å²) in [5, 5.41) is 5.82. The van der Waals surface area contributed by atoms with Crippen LogP contribution in [-0.4, -0.2) is 16.8 Å². The van der Waals surface area contributed by atoms with Crippen molar-refractivity contribution in [3.05, 3.63) is 73.9 Å². The molecule has 0 aliphatic heterocycles. The predicted octanol–water partition coefficient (Wildman–Crippen LogP) is 5.51. The van der Waals surface area contributed by atoms with Crippen molar-refractivity contribution in [1.29, 1.82) is 0 Å². The van der Waals surface area contributed by atoms with Gasteiger partial charge in [0.25, 0.3) is 11.8 Å². The molecule has 1 aromatic heterocycles. The van der Waals surface area contributed by atoms with E-state index in [9.17, 15) is 14.0 Å². The van der Waals surface area contributed by atoms with Crippen molar-refractivity contribution in [3.63, 3.8) is 0 Å². The summed E-state index contributed by atoms with van der Waals surface area (Å²) in [4.78, 5) is 28.9. The van der Waals surface area contributed by atoms with Gasteiger partial charge in [0.2, 0.25) is 0 Å². The van der Waals surface area contributed by atoms with Crippen LogP contribution in [0.5, 0.6) is 0 Å². The Morgan fingerprint density at radius 2 is 1.96 bits per heavy atom. The molecule has 0 spiro atoms. The number of nitrogens with zero attached hydrogens (tertiary/aromatic N) is 1. The van der Waals surface area contributed by atoms with Crippen molar-refractivity contribution < 1.29 is 14.0 Å². The van der Waals surface area contributed by atoms with E-state index in [0.717, 1.165) is 16.9 Å². The number of hydrogen-bond acceptors (Lipinski definition) is 4. The zero-order valence-electron chi connectivity index (χ0n) is 13.8. The third-order valence-electron chi connectivity index (χ3n) is 3.59. The smallest absolute Gasteiger partial charge is 0.267 e. The van der Waals surface area contributed by atoms with Crippen LogP contribution in [0.25, 0.3) is 0 Å². The lowest BCUT2D eigenvalue weighted by Gasteiger charge is -2.08. The number of rotatable bonds is 4. The zero-order valence-corrected chi connectivity index (χ0v) is 17.0. The summed E-state index contributed by atoms with van der Waals surface area (Å²) in [6.45, 7) is 1.83.